The minimum atomic E-state index is -0.217. The summed E-state index contributed by atoms with van der Waals surface area (Å²) in [5.74, 6) is 0.694. The minimum Gasteiger partial charge on any atom is -0.497 e. The van der Waals surface area contributed by atoms with Crippen LogP contribution in [-0.2, 0) is 11.3 Å². The number of rotatable bonds is 5. The number of halogens is 1. The summed E-state index contributed by atoms with van der Waals surface area (Å²) in [5.41, 5.74) is 2.02. The Morgan fingerprint density at radius 3 is 2.54 bits per heavy atom. The van der Waals surface area contributed by atoms with Gasteiger partial charge in [-0.25, -0.2) is 0 Å². The topological polar surface area (TPSA) is 29.5 Å². The van der Waals surface area contributed by atoms with Crippen LogP contribution in [0.1, 0.15) is 24.0 Å². The fourth-order valence-corrected chi connectivity index (χ4v) is 3.31. The van der Waals surface area contributed by atoms with Crippen molar-refractivity contribution >= 4 is 28.3 Å². The number of amides is 1. The standard InChI is InChI=1S/C22H22ClNO2/c1-15(22(25)24(2)14-16-5-4-6-20(23)11-16)17-7-8-19-13-21(26-3)10-9-18(19)12-17/h4-13,15H,14H2,1-3H3. The molecule has 3 aromatic rings. The molecule has 1 atom stereocenters. The van der Waals surface area contributed by atoms with Gasteiger partial charge in [-0.05, 0) is 53.1 Å². The molecule has 0 fully saturated rings. The van der Waals surface area contributed by atoms with Crippen LogP contribution in [0.5, 0.6) is 5.75 Å². The van der Waals surface area contributed by atoms with Gasteiger partial charge in [-0.1, -0.05) is 48.0 Å². The maximum atomic E-state index is 12.8. The van der Waals surface area contributed by atoms with Gasteiger partial charge in [0, 0.05) is 18.6 Å². The number of hydrogen-bond acceptors (Lipinski definition) is 2. The molecule has 0 aliphatic carbocycles. The van der Waals surface area contributed by atoms with Crippen molar-refractivity contribution in [3.05, 3.63) is 76.8 Å². The van der Waals surface area contributed by atoms with Crippen molar-refractivity contribution in [2.24, 2.45) is 0 Å². The maximum absolute atomic E-state index is 12.8. The number of ether oxygens (including phenoxy) is 1. The highest BCUT2D eigenvalue weighted by Crippen LogP contribution is 2.26. The Balaban J connectivity index is 1.77. The lowest BCUT2D eigenvalue weighted by Crippen LogP contribution is -2.30. The molecule has 4 heteroatoms. The first-order chi connectivity index (χ1) is 12.5. The smallest absolute Gasteiger partial charge is 0.229 e. The zero-order valence-corrected chi connectivity index (χ0v) is 16.0. The van der Waals surface area contributed by atoms with E-state index in [2.05, 4.69) is 6.07 Å². The van der Waals surface area contributed by atoms with Crippen molar-refractivity contribution in [2.45, 2.75) is 19.4 Å². The summed E-state index contributed by atoms with van der Waals surface area (Å²) in [7, 11) is 3.48. The Hall–Kier alpha value is -2.52. The number of likely N-dealkylation sites (N-methyl/N-ethyl adjacent to an activating group) is 1. The predicted molar refractivity (Wildman–Crippen MR) is 107 cm³/mol. The average molecular weight is 368 g/mol. The third-order valence-electron chi connectivity index (χ3n) is 4.63. The highest BCUT2D eigenvalue weighted by atomic mass is 35.5. The zero-order chi connectivity index (χ0) is 18.7. The highest BCUT2D eigenvalue weighted by Gasteiger charge is 2.20. The van der Waals surface area contributed by atoms with Crippen LogP contribution in [0.25, 0.3) is 10.8 Å². The third-order valence-corrected chi connectivity index (χ3v) is 4.86. The highest BCUT2D eigenvalue weighted by molar-refractivity contribution is 6.30. The Labute approximate surface area is 159 Å². The second kappa shape index (κ2) is 7.79. The van der Waals surface area contributed by atoms with E-state index in [0.717, 1.165) is 27.6 Å². The van der Waals surface area contributed by atoms with Gasteiger partial charge < -0.3 is 9.64 Å². The molecule has 0 aromatic heterocycles. The van der Waals surface area contributed by atoms with E-state index >= 15 is 0 Å². The summed E-state index contributed by atoms with van der Waals surface area (Å²) in [6.07, 6.45) is 0. The second-order valence-electron chi connectivity index (χ2n) is 6.52. The van der Waals surface area contributed by atoms with Crippen LogP contribution in [0.4, 0.5) is 0 Å². The van der Waals surface area contributed by atoms with Crippen molar-refractivity contribution < 1.29 is 9.53 Å². The lowest BCUT2D eigenvalue weighted by molar-refractivity contribution is -0.131. The molecule has 0 heterocycles. The van der Waals surface area contributed by atoms with Crippen LogP contribution >= 0.6 is 11.6 Å². The molecule has 0 spiro atoms. The molecule has 26 heavy (non-hydrogen) atoms. The van der Waals surface area contributed by atoms with Gasteiger partial charge in [-0.3, -0.25) is 4.79 Å². The van der Waals surface area contributed by atoms with E-state index in [1.807, 2.05) is 68.6 Å². The number of carbonyl (C=O) groups excluding carboxylic acids is 1. The number of benzene rings is 3. The van der Waals surface area contributed by atoms with Gasteiger partial charge in [-0.2, -0.15) is 0 Å². The van der Waals surface area contributed by atoms with Crippen LogP contribution in [0.15, 0.2) is 60.7 Å². The van der Waals surface area contributed by atoms with Crippen molar-refractivity contribution in [3.63, 3.8) is 0 Å². The quantitative estimate of drug-likeness (QED) is 0.615. The normalized spacial score (nSPS) is 12.0. The minimum absolute atomic E-state index is 0.0813. The molecule has 3 nitrogen and oxygen atoms in total. The predicted octanol–water partition coefficient (Wildman–Crippen LogP) is 5.26. The largest absolute Gasteiger partial charge is 0.497 e. The number of carbonyl (C=O) groups is 1. The second-order valence-corrected chi connectivity index (χ2v) is 6.95. The SMILES string of the molecule is COc1ccc2cc(C(C)C(=O)N(C)Cc3cccc(Cl)c3)ccc2c1. The molecule has 134 valence electrons. The summed E-state index contributed by atoms with van der Waals surface area (Å²) < 4.78 is 5.26. The molecule has 0 bridgehead atoms. The lowest BCUT2D eigenvalue weighted by atomic mass is 9.96. The van der Waals surface area contributed by atoms with Gasteiger partial charge in [0.25, 0.3) is 0 Å². The molecule has 1 amide bonds. The molecule has 3 rings (SSSR count). The summed E-state index contributed by atoms with van der Waals surface area (Å²) in [6.45, 7) is 2.48. The Bertz CT molecular complexity index is 938. The number of nitrogens with zero attached hydrogens (tertiary/aromatic N) is 1. The number of hydrogen-bond donors (Lipinski definition) is 0. The van der Waals surface area contributed by atoms with Crippen molar-refractivity contribution in [3.8, 4) is 5.75 Å². The molecule has 3 aromatic carbocycles. The molecular weight excluding hydrogens is 346 g/mol. The van der Waals surface area contributed by atoms with Gasteiger partial charge in [0.1, 0.15) is 5.75 Å². The van der Waals surface area contributed by atoms with Crippen molar-refractivity contribution in [1.82, 2.24) is 4.90 Å². The van der Waals surface area contributed by atoms with Crippen molar-refractivity contribution in [1.29, 1.82) is 0 Å². The molecule has 0 radical (unpaired) electrons. The van der Waals surface area contributed by atoms with Crippen LogP contribution in [-0.4, -0.2) is 25.0 Å². The Kier molecular flexibility index (Phi) is 5.48. The van der Waals surface area contributed by atoms with E-state index in [9.17, 15) is 4.79 Å². The van der Waals surface area contributed by atoms with Crippen molar-refractivity contribution in [2.75, 3.05) is 14.2 Å². The van der Waals surface area contributed by atoms with Gasteiger partial charge in [0.05, 0.1) is 13.0 Å². The summed E-state index contributed by atoms with van der Waals surface area (Å²) in [6, 6.07) is 19.7. The molecule has 0 aliphatic rings. The molecule has 0 N–H and O–H groups in total. The maximum Gasteiger partial charge on any atom is 0.229 e. The molecule has 1 unspecified atom stereocenters. The van der Waals surface area contributed by atoms with E-state index in [1.165, 1.54) is 0 Å². The molecule has 0 aliphatic heterocycles. The van der Waals surface area contributed by atoms with E-state index in [1.54, 1.807) is 12.0 Å². The summed E-state index contributed by atoms with van der Waals surface area (Å²) >= 11 is 6.03. The van der Waals surface area contributed by atoms with E-state index in [4.69, 9.17) is 16.3 Å². The van der Waals surface area contributed by atoms with E-state index in [0.29, 0.717) is 11.6 Å². The summed E-state index contributed by atoms with van der Waals surface area (Å²) in [4.78, 5) is 14.6. The fourth-order valence-electron chi connectivity index (χ4n) is 3.10. The fraction of sp³-hybridized carbons (Fsp3) is 0.227. The number of methoxy groups -OCH3 is 1. The summed E-state index contributed by atoms with van der Waals surface area (Å²) in [5, 5.41) is 2.88. The number of fused-ring (bicyclic) bond motifs is 1. The first-order valence-corrected chi connectivity index (χ1v) is 8.93. The average Bonchev–Trinajstić information content (AvgIpc) is 2.65. The monoisotopic (exact) mass is 367 g/mol. The van der Waals surface area contributed by atoms with Crippen LogP contribution in [0.2, 0.25) is 5.02 Å². The zero-order valence-electron chi connectivity index (χ0n) is 15.2. The van der Waals surface area contributed by atoms with E-state index < -0.39 is 0 Å². The Morgan fingerprint density at radius 2 is 1.81 bits per heavy atom. The van der Waals surface area contributed by atoms with Gasteiger partial charge in [0.2, 0.25) is 5.91 Å². The van der Waals surface area contributed by atoms with Gasteiger partial charge >= 0.3 is 0 Å². The molecule has 0 saturated heterocycles. The van der Waals surface area contributed by atoms with Crippen LogP contribution in [0.3, 0.4) is 0 Å². The van der Waals surface area contributed by atoms with Crippen LogP contribution in [0, 0.1) is 0 Å². The van der Waals surface area contributed by atoms with E-state index in [-0.39, 0.29) is 11.8 Å². The molecule has 0 saturated carbocycles. The van der Waals surface area contributed by atoms with Crippen LogP contribution < -0.4 is 4.74 Å². The van der Waals surface area contributed by atoms with Gasteiger partial charge in [-0.15, -0.1) is 0 Å². The third kappa shape index (κ3) is 4.00. The first kappa shape index (κ1) is 18.3. The lowest BCUT2D eigenvalue weighted by Gasteiger charge is -2.22. The molecular formula is C22H22ClNO2. The van der Waals surface area contributed by atoms with Gasteiger partial charge in [0.15, 0.2) is 0 Å². The Morgan fingerprint density at radius 1 is 1.08 bits per heavy atom. The first-order valence-electron chi connectivity index (χ1n) is 8.55.